The molecule has 1 fully saturated rings. The molecule has 2 aromatic carbocycles. The van der Waals surface area contributed by atoms with Crippen LogP contribution in [0.3, 0.4) is 0 Å². The Morgan fingerprint density at radius 3 is 2.22 bits per heavy atom. The lowest BCUT2D eigenvalue weighted by molar-refractivity contribution is -0.139. The van der Waals surface area contributed by atoms with Crippen molar-refractivity contribution >= 4 is 73.9 Å². The molecule has 3 rings (SSSR count). The van der Waals surface area contributed by atoms with Crippen molar-refractivity contribution in [1.29, 1.82) is 0 Å². The number of benzene rings is 2. The Morgan fingerprint density at radius 2 is 1.59 bits per heavy atom. The second kappa shape index (κ2) is 12.9. The van der Waals surface area contributed by atoms with Crippen LogP contribution in [0.15, 0.2) is 36.4 Å². The maximum absolute atomic E-state index is 13.7. The Bertz CT molecular complexity index is 1250. The standard InChI is InChI=1S/C25H29Cl4N3O4S/c1-16(25(34)30-20-6-4-3-5-7-20)31(14-17-8-9-18(26)12-22(17)29)24(33)15-32(37(2,35)36)23-13-19(27)10-11-21(23)28/h8-13,16,20H,3-7,14-15H2,1-2H3,(H,30,34). The van der Waals surface area contributed by atoms with Crippen molar-refractivity contribution in [3.8, 4) is 0 Å². The van der Waals surface area contributed by atoms with E-state index < -0.39 is 28.5 Å². The van der Waals surface area contributed by atoms with Crippen molar-refractivity contribution in [3.05, 3.63) is 62.1 Å². The molecule has 12 heteroatoms. The van der Waals surface area contributed by atoms with Gasteiger partial charge in [0.25, 0.3) is 0 Å². The minimum atomic E-state index is -3.94. The number of nitrogens with one attached hydrogen (secondary N) is 1. The Morgan fingerprint density at radius 1 is 0.973 bits per heavy atom. The number of nitrogens with zero attached hydrogens (tertiary/aromatic N) is 2. The van der Waals surface area contributed by atoms with Gasteiger partial charge in [0, 0.05) is 27.7 Å². The van der Waals surface area contributed by atoms with Crippen LogP contribution in [0.5, 0.6) is 0 Å². The van der Waals surface area contributed by atoms with Crippen LogP contribution >= 0.6 is 46.4 Å². The van der Waals surface area contributed by atoms with Gasteiger partial charge in [0.05, 0.1) is 17.0 Å². The van der Waals surface area contributed by atoms with Crippen LogP contribution in [0.1, 0.15) is 44.6 Å². The number of anilines is 1. The van der Waals surface area contributed by atoms with Gasteiger partial charge in [0.1, 0.15) is 12.6 Å². The van der Waals surface area contributed by atoms with Crippen LogP contribution in [-0.2, 0) is 26.2 Å². The highest BCUT2D eigenvalue weighted by Gasteiger charge is 2.32. The topological polar surface area (TPSA) is 86.8 Å². The summed E-state index contributed by atoms with van der Waals surface area (Å²) in [7, 11) is -3.94. The third kappa shape index (κ3) is 8.14. The lowest BCUT2D eigenvalue weighted by Crippen LogP contribution is -2.53. The molecule has 0 aliphatic heterocycles. The monoisotopic (exact) mass is 607 g/mol. The molecule has 0 saturated heterocycles. The maximum Gasteiger partial charge on any atom is 0.244 e. The molecule has 1 atom stereocenters. The third-order valence-electron chi connectivity index (χ3n) is 6.33. The van der Waals surface area contributed by atoms with Gasteiger partial charge in [0.15, 0.2) is 0 Å². The highest BCUT2D eigenvalue weighted by molar-refractivity contribution is 7.92. The summed E-state index contributed by atoms with van der Waals surface area (Å²) < 4.78 is 26.3. The van der Waals surface area contributed by atoms with E-state index in [1.165, 1.54) is 23.1 Å². The molecule has 2 amide bonds. The second-order valence-electron chi connectivity index (χ2n) is 9.14. The molecule has 7 nitrogen and oxygen atoms in total. The van der Waals surface area contributed by atoms with Crippen molar-refractivity contribution < 1.29 is 18.0 Å². The molecule has 1 aliphatic rings. The van der Waals surface area contributed by atoms with Gasteiger partial charge in [-0.15, -0.1) is 0 Å². The fraction of sp³-hybridized carbons (Fsp3) is 0.440. The number of carbonyl (C=O) groups excluding carboxylic acids is 2. The van der Waals surface area contributed by atoms with Crippen molar-refractivity contribution in [2.24, 2.45) is 0 Å². The number of sulfonamides is 1. The van der Waals surface area contributed by atoms with Crippen LogP contribution in [0.25, 0.3) is 0 Å². The van der Waals surface area contributed by atoms with E-state index in [-0.39, 0.29) is 34.2 Å². The molecule has 1 unspecified atom stereocenters. The summed E-state index contributed by atoms with van der Waals surface area (Å²) in [6.07, 6.45) is 5.93. The van der Waals surface area contributed by atoms with E-state index in [2.05, 4.69) is 5.32 Å². The fourth-order valence-electron chi connectivity index (χ4n) is 4.26. The van der Waals surface area contributed by atoms with Crippen molar-refractivity contribution in [2.75, 3.05) is 17.1 Å². The fourth-order valence-corrected chi connectivity index (χ4v) is 6.01. The molecule has 37 heavy (non-hydrogen) atoms. The Hall–Kier alpha value is -1.71. The van der Waals surface area contributed by atoms with Crippen LogP contribution in [-0.4, -0.2) is 50.0 Å². The van der Waals surface area contributed by atoms with E-state index >= 15 is 0 Å². The lowest BCUT2D eigenvalue weighted by atomic mass is 9.95. The van der Waals surface area contributed by atoms with E-state index in [0.29, 0.717) is 15.6 Å². The first-order valence-electron chi connectivity index (χ1n) is 11.8. The first kappa shape index (κ1) is 29.8. The maximum atomic E-state index is 13.7. The smallest absolute Gasteiger partial charge is 0.244 e. The zero-order chi connectivity index (χ0) is 27.3. The quantitative estimate of drug-likeness (QED) is 0.382. The van der Waals surface area contributed by atoms with E-state index in [1.54, 1.807) is 25.1 Å². The number of rotatable bonds is 9. The minimum absolute atomic E-state index is 0.0328. The molecule has 0 aromatic heterocycles. The summed E-state index contributed by atoms with van der Waals surface area (Å²) in [6, 6.07) is 8.32. The number of amides is 2. The Kier molecular flexibility index (Phi) is 10.4. The summed E-state index contributed by atoms with van der Waals surface area (Å²) in [5, 5.41) is 4.15. The van der Waals surface area contributed by atoms with Gasteiger partial charge < -0.3 is 10.2 Å². The van der Waals surface area contributed by atoms with E-state index in [9.17, 15) is 18.0 Å². The zero-order valence-electron chi connectivity index (χ0n) is 20.5. The highest BCUT2D eigenvalue weighted by atomic mass is 35.5. The van der Waals surface area contributed by atoms with Gasteiger partial charge in [-0.3, -0.25) is 13.9 Å². The SMILES string of the molecule is CC(C(=O)NC1CCCCC1)N(Cc1ccc(Cl)cc1Cl)C(=O)CN(c1cc(Cl)ccc1Cl)S(C)(=O)=O. The molecule has 2 aromatic rings. The zero-order valence-corrected chi connectivity index (χ0v) is 24.4. The third-order valence-corrected chi connectivity index (χ3v) is 8.60. The number of hydrogen-bond donors (Lipinski definition) is 1. The molecule has 1 saturated carbocycles. The van der Waals surface area contributed by atoms with E-state index in [1.807, 2.05) is 0 Å². The summed E-state index contributed by atoms with van der Waals surface area (Å²) in [6.45, 7) is 0.983. The van der Waals surface area contributed by atoms with Crippen LogP contribution in [0, 0.1) is 0 Å². The molecule has 0 spiro atoms. The largest absolute Gasteiger partial charge is 0.352 e. The first-order chi connectivity index (χ1) is 17.4. The van der Waals surface area contributed by atoms with Gasteiger partial charge in [-0.25, -0.2) is 8.42 Å². The normalized spacial score (nSPS) is 15.2. The van der Waals surface area contributed by atoms with Gasteiger partial charge >= 0.3 is 0 Å². The molecule has 202 valence electrons. The average Bonchev–Trinajstić information content (AvgIpc) is 2.83. The van der Waals surface area contributed by atoms with Gasteiger partial charge in [-0.1, -0.05) is 71.7 Å². The summed E-state index contributed by atoms with van der Waals surface area (Å²) in [4.78, 5) is 28.2. The summed E-state index contributed by atoms with van der Waals surface area (Å²) >= 11 is 24.7. The van der Waals surface area contributed by atoms with Gasteiger partial charge in [0.2, 0.25) is 21.8 Å². The molecular weight excluding hydrogens is 580 g/mol. The Balaban J connectivity index is 1.93. The highest BCUT2D eigenvalue weighted by Crippen LogP contribution is 2.31. The van der Waals surface area contributed by atoms with Gasteiger partial charge in [-0.05, 0) is 55.7 Å². The number of hydrogen-bond acceptors (Lipinski definition) is 4. The van der Waals surface area contributed by atoms with Crippen LogP contribution in [0.2, 0.25) is 20.1 Å². The first-order valence-corrected chi connectivity index (χ1v) is 15.2. The predicted molar refractivity (Wildman–Crippen MR) is 150 cm³/mol. The van der Waals surface area contributed by atoms with Crippen LogP contribution < -0.4 is 9.62 Å². The molecule has 0 bridgehead atoms. The van der Waals surface area contributed by atoms with Crippen LogP contribution in [0.4, 0.5) is 5.69 Å². The number of halogens is 4. The lowest BCUT2D eigenvalue weighted by Gasteiger charge is -2.33. The average molecular weight is 609 g/mol. The van der Waals surface area contributed by atoms with E-state index in [4.69, 9.17) is 46.4 Å². The minimum Gasteiger partial charge on any atom is -0.352 e. The van der Waals surface area contributed by atoms with Gasteiger partial charge in [-0.2, -0.15) is 0 Å². The molecule has 0 radical (unpaired) electrons. The van der Waals surface area contributed by atoms with Crippen molar-refractivity contribution in [1.82, 2.24) is 10.2 Å². The molecule has 1 aliphatic carbocycles. The van der Waals surface area contributed by atoms with Crippen molar-refractivity contribution in [2.45, 2.75) is 57.7 Å². The summed E-state index contributed by atoms with van der Waals surface area (Å²) in [5.41, 5.74) is 0.622. The molecular formula is C25H29Cl4N3O4S. The van der Waals surface area contributed by atoms with E-state index in [0.717, 1.165) is 42.7 Å². The number of carbonyl (C=O) groups is 2. The molecule has 1 N–H and O–H groups in total. The van der Waals surface area contributed by atoms with Crippen molar-refractivity contribution in [3.63, 3.8) is 0 Å². The Labute approximate surface area is 238 Å². The molecule has 0 heterocycles. The predicted octanol–water partition coefficient (Wildman–Crippen LogP) is 5.93. The summed E-state index contributed by atoms with van der Waals surface area (Å²) in [5.74, 6) is -0.934. The second-order valence-corrected chi connectivity index (χ2v) is 12.7.